The summed E-state index contributed by atoms with van der Waals surface area (Å²) in [5.74, 6) is 1.46. The van der Waals surface area contributed by atoms with Crippen LogP contribution in [0.1, 0.15) is 0 Å². The average Bonchev–Trinajstić information content (AvgIpc) is 2.70. The summed E-state index contributed by atoms with van der Waals surface area (Å²) in [7, 11) is 3.78. The summed E-state index contributed by atoms with van der Waals surface area (Å²) in [6.45, 7) is 0. The highest BCUT2D eigenvalue weighted by molar-refractivity contribution is 9.10. The highest BCUT2D eigenvalue weighted by atomic mass is 79.9. The number of rotatable bonds is 3. The molecule has 2 heterocycles. The molecular formula is C10H12BrN5S. The minimum Gasteiger partial charge on any atom is -0.297 e. The van der Waals surface area contributed by atoms with Crippen LogP contribution in [0.25, 0.3) is 0 Å². The van der Waals surface area contributed by atoms with Crippen molar-refractivity contribution < 1.29 is 0 Å². The van der Waals surface area contributed by atoms with E-state index in [-0.39, 0.29) is 0 Å². The molecule has 0 N–H and O–H groups in total. The Balaban J connectivity index is 2.29. The van der Waals surface area contributed by atoms with Crippen molar-refractivity contribution in [3.05, 3.63) is 22.8 Å². The SMILES string of the molecule is CSc1nc(N(C)c2ccc(Br)cn2)nn1C. The molecular weight excluding hydrogens is 302 g/mol. The molecule has 7 heteroatoms. The molecule has 0 atom stereocenters. The molecule has 0 saturated heterocycles. The van der Waals surface area contributed by atoms with Crippen molar-refractivity contribution in [3.63, 3.8) is 0 Å². The molecule has 0 fully saturated rings. The normalized spacial score (nSPS) is 10.6. The van der Waals surface area contributed by atoms with Gasteiger partial charge in [0.15, 0.2) is 5.16 Å². The van der Waals surface area contributed by atoms with Gasteiger partial charge in [-0.25, -0.2) is 9.67 Å². The third kappa shape index (κ3) is 2.61. The number of aryl methyl sites for hydroxylation is 1. The van der Waals surface area contributed by atoms with E-state index in [1.807, 2.05) is 37.4 Å². The number of nitrogens with zero attached hydrogens (tertiary/aromatic N) is 5. The summed E-state index contributed by atoms with van der Waals surface area (Å²) in [6, 6.07) is 3.86. The van der Waals surface area contributed by atoms with Crippen molar-refractivity contribution in [3.8, 4) is 0 Å². The number of anilines is 2. The molecule has 90 valence electrons. The summed E-state index contributed by atoms with van der Waals surface area (Å²) in [4.78, 5) is 10.6. The Hall–Kier alpha value is -1.08. The topological polar surface area (TPSA) is 46.8 Å². The van der Waals surface area contributed by atoms with Gasteiger partial charge in [0.05, 0.1) is 0 Å². The van der Waals surface area contributed by atoms with E-state index < -0.39 is 0 Å². The second-order valence-corrected chi connectivity index (χ2v) is 5.10. The number of hydrogen-bond donors (Lipinski definition) is 0. The molecule has 0 radical (unpaired) electrons. The largest absolute Gasteiger partial charge is 0.297 e. The van der Waals surface area contributed by atoms with Crippen LogP contribution in [-0.4, -0.2) is 33.1 Å². The van der Waals surface area contributed by atoms with Crippen LogP contribution in [0.2, 0.25) is 0 Å². The van der Waals surface area contributed by atoms with Crippen LogP contribution < -0.4 is 4.90 Å². The van der Waals surface area contributed by atoms with E-state index in [4.69, 9.17) is 0 Å². The first-order valence-corrected chi connectivity index (χ1v) is 6.94. The summed E-state index contributed by atoms with van der Waals surface area (Å²) >= 11 is 4.92. The van der Waals surface area contributed by atoms with E-state index in [2.05, 4.69) is 31.0 Å². The smallest absolute Gasteiger partial charge is 0.251 e. The van der Waals surface area contributed by atoms with E-state index in [1.54, 1.807) is 22.6 Å². The molecule has 5 nitrogen and oxygen atoms in total. The molecule has 0 aromatic carbocycles. The lowest BCUT2D eigenvalue weighted by molar-refractivity contribution is 0.685. The summed E-state index contributed by atoms with van der Waals surface area (Å²) in [5.41, 5.74) is 0. The number of pyridine rings is 1. The Morgan fingerprint density at radius 2 is 2.18 bits per heavy atom. The highest BCUT2D eigenvalue weighted by Crippen LogP contribution is 2.21. The number of thioether (sulfide) groups is 1. The van der Waals surface area contributed by atoms with E-state index in [1.165, 1.54) is 0 Å². The molecule has 0 saturated carbocycles. The monoisotopic (exact) mass is 313 g/mol. The molecule has 0 aliphatic heterocycles. The van der Waals surface area contributed by atoms with Crippen LogP contribution in [0, 0.1) is 0 Å². The Morgan fingerprint density at radius 1 is 1.41 bits per heavy atom. The lowest BCUT2D eigenvalue weighted by Crippen LogP contribution is -2.12. The van der Waals surface area contributed by atoms with Gasteiger partial charge >= 0.3 is 0 Å². The van der Waals surface area contributed by atoms with Crippen molar-refractivity contribution in [1.82, 2.24) is 19.7 Å². The zero-order chi connectivity index (χ0) is 12.4. The Kier molecular flexibility index (Phi) is 3.68. The first-order valence-electron chi connectivity index (χ1n) is 4.92. The van der Waals surface area contributed by atoms with Crippen molar-refractivity contribution in [1.29, 1.82) is 0 Å². The van der Waals surface area contributed by atoms with Crippen molar-refractivity contribution in [2.24, 2.45) is 7.05 Å². The second kappa shape index (κ2) is 5.05. The maximum Gasteiger partial charge on any atom is 0.251 e. The van der Waals surface area contributed by atoms with E-state index >= 15 is 0 Å². The third-order valence-electron chi connectivity index (χ3n) is 2.25. The third-order valence-corrected chi connectivity index (χ3v) is 3.44. The molecule has 0 aliphatic carbocycles. The van der Waals surface area contributed by atoms with Crippen molar-refractivity contribution in [2.75, 3.05) is 18.2 Å². The number of hydrogen-bond acceptors (Lipinski definition) is 5. The van der Waals surface area contributed by atoms with E-state index in [0.717, 1.165) is 15.4 Å². The van der Waals surface area contributed by atoms with Gasteiger partial charge in [0, 0.05) is 24.8 Å². The predicted octanol–water partition coefficient (Wildman–Crippen LogP) is 2.46. The van der Waals surface area contributed by atoms with Gasteiger partial charge in [0.1, 0.15) is 5.82 Å². The maximum absolute atomic E-state index is 4.42. The van der Waals surface area contributed by atoms with Crippen LogP contribution in [-0.2, 0) is 7.05 Å². The lowest BCUT2D eigenvalue weighted by Gasteiger charge is -2.12. The average molecular weight is 314 g/mol. The summed E-state index contributed by atoms with van der Waals surface area (Å²) < 4.78 is 2.71. The van der Waals surface area contributed by atoms with Gasteiger partial charge in [-0.1, -0.05) is 11.8 Å². The zero-order valence-electron chi connectivity index (χ0n) is 9.75. The highest BCUT2D eigenvalue weighted by Gasteiger charge is 2.12. The molecule has 2 rings (SSSR count). The van der Waals surface area contributed by atoms with Gasteiger partial charge in [-0.05, 0) is 34.3 Å². The van der Waals surface area contributed by atoms with Crippen molar-refractivity contribution in [2.45, 2.75) is 5.16 Å². The number of halogens is 1. The van der Waals surface area contributed by atoms with Gasteiger partial charge in [-0.3, -0.25) is 4.90 Å². The standard InChI is InChI=1S/C10H12BrN5S/c1-15(8-5-4-7(11)6-12-8)9-13-10(17-3)16(2)14-9/h4-6H,1-3H3. The van der Waals surface area contributed by atoms with Crippen molar-refractivity contribution >= 4 is 39.5 Å². The first kappa shape index (κ1) is 12.4. The Morgan fingerprint density at radius 3 is 2.71 bits per heavy atom. The van der Waals surface area contributed by atoms with Gasteiger partial charge in [-0.15, -0.1) is 5.10 Å². The van der Waals surface area contributed by atoms with Gasteiger partial charge in [0.2, 0.25) is 0 Å². The molecule has 0 amide bonds. The maximum atomic E-state index is 4.42. The van der Waals surface area contributed by atoms with Crippen LogP contribution >= 0.6 is 27.7 Å². The van der Waals surface area contributed by atoms with E-state index in [9.17, 15) is 0 Å². The molecule has 2 aromatic heterocycles. The first-order chi connectivity index (χ1) is 8.11. The molecule has 17 heavy (non-hydrogen) atoms. The van der Waals surface area contributed by atoms with E-state index in [0.29, 0.717) is 5.95 Å². The Bertz CT molecular complexity index is 510. The fraction of sp³-hybridized carbons (Fsp3) is 0.300. The van der Waals surface area contributed by atoms with Crippen LogP contribution in [0.3, 0.4) is 0 Å². The van der Waals surface area contributed by atoms with Crippen LogP contribution in [0.4, 0.5) is 11.8 Å². The molecule has 0 bridgehead atoms. The van der Waals surface area contributed by atoms with Crippen LogP contribution in [0.15, 0.2) is 28.0 Å². The minimum atomic E-state index is 0.645. The van der Waals surface area contributed by atoms with Crippen LogP contribution in [0.5, 0.6) is 0 Å². The zero-order valence-corrected chi connectivity index (χ0v) is 12.2. The second-order valence-electron chi connectivity index (χ2n) is 3.42. The van der Waals surface area contributed by atoms with Gasteiger partial charge in [0.25, 0.3) is 5.95 Å². The molecule has 2 aromatic rings. The number of aromatic nitrogens is 4. The fourth-order valence-corrected chi connectivity index (χ4v) is 2.06. The fourth-order valence-electron chi connectivity index (χ4n) is 1.35. The summed E-state index contributed by atoms with van der Waals surface area (Å²) in [5, 5.41) is 5.22. The van der Waals surface area contributed by atoms with Gasteiger partial charge in [-0.2, -0.15) is 4.98 Å². The summed E-state index contributed by atoms with van der Waals surface area (Å²) in [6.07, 6.45) is 3.73. The molecule has 0 unspecified atom stereocenters. The van der Waals surface area contributed by atoms with Gasteiger partial charge < -0.3 is 0 Å². The predicted molar refractivity (Wildman–Crippen MR) is 72.8 cm³/mol. The molecule has 0 spiro atoms. The quantitative estimate of drug-likeness (QED) is 0.815. The minimum absolute atomic E-state index is 0.645. The lowest BCUT2D eigenvalue weighted by atomic mass is 10.4. The molecule has 0 aliphatic rings. The Labute approximate surface area is 112 Å².